The third-order valence-electron chi connectivity index (χ3n) is 2.67. The molecule has 3 heteroatoms. The van der Waals surface area contributed by atoms with E-state index in [1.54, 1.807) is 11.9 Å². The highest BCUT2D eigenvalue weighted by Gasteiger charge is 2.23. The molecule has 0 saturated heterocycles. The summed E-state index contributed by atoms with van der Waals surface area (Å²) >= 11 is 0. The second kappa shape index (κ2) is 3.93. The smallest absolute Gasteiger partial charge is 0.277 e. The number of benzene rings is 1. The van der Waals surface area contributed by atoms with Gasteiger partial charge in [-0.15, -0.1) is 0 Å². The topological polar surface area (TPSA) is 32.7 Å². The molecule has 16 heavy (non-hydrogen) atoms. The zero-order valence-corrected chi connectivity index (χ0v) is 9.69. The summed E-state index contributed by atoms with van der Waals surface area (Å²) in [6.07, 6.45) is 1.81. The predicted octanol–water partition coefficient (Wildman–Crippen LogP) is 2.23. The lowest BCUT2D eigenvalue weighted by Gasteiger charge is -2.05. The van der Waals surface area contributed by atoms with Crippen LogP contribution in [0.4, 0.5) is 0 Å². The number of hydrogen-bond donors (Lipinski definition) is 0. The van der Waals surface area contributed by atoms with E-state index >= 15 is 0 Å². The minimum Gasteiger partial charge on any atom is -0.298 e. The predicted molar refractivity (Wildman–Crippen MR) is 65.0 cm³/mol. The first kappa shape index (κ1) is 10.6. The molecular weight excluding hydrogens is 200 g/mol. The quantitative estimate of drug-likeness (QED) is 0.660. The van der Waals surface area contributed by atoms with E-state index in [1.807, 2.05) is 44.2 Å². The summed E-state index contributed by atoms with van der Waals surface area (Å²) in [6.45, 7) is 3.86. The number of rotatable bonds is 1. The fraction of sp³-hybridized carbons (Fsp3) is 0.231. The van der Waals surface area contributed by atoms with Crippen LogP contribution in [0.15, 0.2) is 35.0 Å². The third kappa shape index (κ3) is 1.89. The van der Waals surface area contributed by atoms with Gasteiger partial charge in [0.15, 0.2) is 0 Å². The summed E-state index contributed by atoms with van der Waals surface area (Å²) in [5.41, 5.74) is 2.71. The van der Waals surface area contributed by atoms with Crippen LogP contribution in [-0.2, 0) is 4.79 Å². The third-order valence-corrected chi connectivity index (χ3v) is 2.67. The van der Waals surface area contributed by atoms with Crippen LogP contribution < -0.4 is 0 Å². The van der Waals surface area contributed by atoms with E-state index in [1.165, 1.54) is 5.56 Å². The molecule has 1 aliphatic rings. The van der Waals surface area contributed by atoms with E-state index in [-0.39, 0.29) is 5.91 Å². The van der Waals surface area contributed by atoms with Gasteiger partial charge in [0.05, 0.1) is 0 Å². The van der Waals surface area contributed by atoms with E-state index in [2.05, 4.69) is 4.99 Å². The maximum atomic E-state index is 11.7. The van der Waals surface area contributed by atoms with Crippen LogP contribution >= 0.6 is 0 Å². The van der Waals surface area contributed by atoms with Crippen molar-refractivity contribution in [3.8, 4) is 0 Å². The van der Waals surface area contributed by atoms with E-state index in [0.717, 1.165) is 11.4 Å². The number of aliphatic imine (C=N–C) groups is 1. The Morgan fingerprint density at radius 2 is 1.81 bits per heavy atom. The normalized spacial score (nSPS) is 18.2. The maximum absolute atomic E-state index is 11.7. The van der Waals surface area contributed by atoms with Crippen LogP contribution in [-0.4, -0.2) is 23.7 Å². The first-order valence-electron chi connectivity index (χ1n) is 5.19. The highest BCUT2D eigenvalue weighted by Crippen LogP contribution is 2.16. The lowest BCUT2D eigenvalue weighted by Crippen LogP contribution is -2.25. The number of amides is 1. The Morgan fingerprint density at radius 3 is 2.31 bits per heavy atom. The first-order valence-corrected chi connectivity index (χ1v) is 5.19. The summed E-state index contributed by atoms with van der Waals surface area (Å²) in [6, 6.07) is 8.01. The Bertz CT molecular complexity index is 483. The molecule has 3 nitrogen and oxygen atoms in total. The summed E-state index contributed by atoms with van der Waals surface area (Å²) < 4.78 is 0. The summed E-state index contributed by atoms with van der Waals surface area (Å²) in [5, 5.41) is 0. The minimum absolute atomic E-state index is 0.0434. The van der Waals surface area contributed by atoms with Gasteiger partial charge in [-0.25, -0.2) is 4.99 Å². The van der Waals surface area contributed by atoms with Crippen molar-refractivity contribution in [2.45, 2.75) is 13.8 Å². The number of aryl methyl sites for hydroxylation is 1. The summed E-state index contributed by atoms with van der Waals surface area (Å²) in [4.78, 5) is 17.5. The highest BCUT2D eigenvalue weighted by atomic mass is 16.2. The molecule has 0 N–H and O–H groups in total. The SMILES string of the molecule is CC1=N/C(=C/c2ccc(C)cc2)C(=O)N1C. The summed E-state index contributed by atoms with van der Waals surface area (Å²) in [7, 11) is 1.73. The molecule has 0 saturated carbocycles. The second-order valence-electron chi connectivity index (χ2n) is 3.96. The number of hydrogen-bond acceptors (Lipinski definition) is 2. The van der Waals surface area contributed by atoms with Crippen molar-refractivity contribution in [2.75, 3.05) is 7.05 Å². The van der Waals surface area contributed by atoms with E-state index in [0.29, 0.717) is 5.70 Å². The number of amidine groups is 1. The van der Waals surface area contributed by atoms with Crippen molar-refractivity contribution in [1.82, 2.24) is 4.90 Å². The van der Waals surface area contributed by atoms with Gasteiger partial charge in [0.2, 0.25) is 0 Å². The molecule has 1 aromatic rings. The molecule has 0 atom stereocenters. The largest absolute Gasteiger partial charge is 0.298 e. The lowest BCUT2D eigenvalue weighted by atomic mass is 10.1. The van der Waals surface area contributed by atoms with Crippen LogP contribution in [0.1, 0.15) is 18.1 Å². The van der Waals surface area contributed by atoms with Crippen LogP contribution in [0.25, 0.3) is 6.08 Å². The molecule has 0 radical (unpaired) electrons. The molecule has 0 fully saturated rings. The average molecular weight is 214 g/mol. The Balaban J connectivity index is 2.32. The van der Waals surface area contributed by atoms with Crippen molar-refractivity contribution < 1.29 is 4.79 Å². The van der Waals surface area contributed by atoms with Crippen molar-refractivity contribution in [3.05, 3.63) is 41.1 Å². The van der Waals surface area contributed by atoms with Crippen LogP contribution in [0, 0.1) is 6.92 Å². The van der Waals surface area contributed by atoms with E-state index < -0.39 is 0 Å². The lowest BCUT2D eigenvalue weighted by molar-refractivity contribution is -0.121. The van der Waals surface area contributed by atoms with E-state index in [4.69, 9.17) is 0 Å². The molecule has 0 bridgehead atoms. The molecule has 1 aliphatic heterocycles. The Labute approximate surface area is 95.1 Å². The van der Waals surface area contributed by atoms with Gasteiger partial charge in [-0.05, 0) is 25.5 Å². The molecule has 0 unspecified atom stereocenters. The Morgan fingerprint density at radius 1 is 1.19 bits per heavy atom. The van der Waals surface area contributed by atoms with Gasteiger partial charge in [0, 0.05) is 7.05 Å². The zero-order chi connectivity index (χ0) is 11.7. The molecule has 1 amide bonds. The van der Waals surface area contributed by atoms with Crippen LogP contribution in [0.2, 0.25) is 0 Å². The molecule has 1 aromatic carbocycles. The van der Waals surface area contributed by atoms with Crippen LogP contribution in [0.3, 0.4) is 0 Å². The van der Waals surface area contributed by atoms with Gasteiger partial charge >= 0.3 is 0 Å². The fourth-order valence-corrected chi connectivity index (χ4v) is 1.53. The maximum Gasteiger partial charge on any atom is 0.277 e. The van der Waals surface area contributed by atoms with Gasteiger partial charge in [-0.1, -0.05) is 29.8 Å². The van der Waals surface area contributed by atoms with Crippen molar-refractivity contribution in [1.29, 1.82) is 0 Å². The molecule has 0 aliphatic carbocycles. The van der Waals surface area contributed by atoms with Crippen molar-refractivity contribution in [3.63, 3.8) is 0 Å². The molecule has 1 heterocycles. The average Bonchev–Trinajstić information content (AvgIpc) is 2.50. The van der Waals surface area contributed by atoms with Crippen LogP contribution in [0.5, 0.6) is 0 Å². The zero-order valence-electron chi connectivity index (χ0n) is 9.69. The standard InChI is InChI=1S/C13H14N2O/c1-9-4-6-11(7-5-9)8-12-13(16)15(3)10(2)14-12/h4-8H,1-3H3/b12-8+. The highest BCUT2D eigenvalue weighted by molar-refractivity contribution is 6.13. The molecule has 82 valence electrons. The Hall–Kier alpha value is -1.90. The fourth-order valence-electron chi connectivity index (χ4n) is 1.53. The molecular formula is C13H14N2O. The number of nitrogens with zero attached hydrogens (tertiary/aromatic N) is 2. The van der Waals surface area contributed by atoms with E-state index in [9.17, 15) is 4.79 Å². The van der Waals surface area contributed by atoms with Gasteiger partial charge < -0.3 is 0 Å². The van der Waals surface area contributed by atoms with Gasteiger partial charge in [0.25, 0.3) is 5.91 Å². The number of carbonyl (C=O) groups excluding carboxylic acids is 1. The minimum atomic E-state index is -0.0434. The molecule has 2 rings (SSSR count). The van der Waals surface area contributed by atoms with Gasteiger partial charge in [-0.2, -0.15) is 0 Å². The molecule has 0 aromatic heterocycles. The van der Waals surface area contributed by atoms with Crippen molar-refractivity contribution in [2.24, 2.45) is 4.99 Å². The number of carbonyl (C=O) groups is 1. The second-order valence-corrected chi connectivity index (χ2v) is 3.96. The Kier molecular flexibility index (Phi) is 2.60. The summed E-state index contributed by atoms with van der Waals surface area (Å²) in [5.74, 6) is 0.696. The van der Waals surface area contributed by atoms with Gasteiger partial charge in [0.1, 0.15) is 11.5 Å². The first-order chi connectivity index (χ1) is 7.58. The monoisotopic (exact) mass is 214 g/mol. The number of likely N-dealkylation sites (N-methyl/N-ethyl adjacent to an activating group) is 1. The van der Waals surface area contributed by atoms with Crippen molar-refractivity contribution >= 4 is 17.8 Å². The molecule has 0 spiro atoms. The van der Waals surface area contributed by atoms with Gasteiger partial charge in [-0.3, -0.25) is 9.69 Å².